The Labute approximate surface area is 188 Å². The molecule has 0 spiro atoms. The molecule has 5 aromatic rings. The number of anilines is 1. The van der Waals surface area contributed by atoms with Crippen molar-refractivity contribution in [1.29, 1.82) is 0 Å². The first-order valence-corrected chi connectivity index (χ1v) is 11.0. The molecule has 152 valence electrons. The van der Waals surface area contributed by atoms with Crippen LogP contribution < -0.4 is 5.73 Å². The highest BCUT2D eigenvalue weighted by Crippen LogP contribution is 2.59. The fourth-order valence-electron chi connectivity index (χ4n) is 5.47. The van der Waals surface area contributed by atoms with Crippen LogP contribution in [0.15, 0.2) is 127 Å². The van der Waals surface area contributed by atoms with E-state index in [-0.39, 0.29) is 0 Å². The molecule has 6 rings (SSSR count). The number of hydrogen-bond acceptors (Lipinski definition) is 1. The minimum atomic E-state index is -0.449. The van der Waals surface area contributed by atoms with E-state index >= 15 is 0 Å². The van der Waals surface area contributed by atoms with Crippen molar-refractivity contribution < 1.29 is 0 Å². The van der Waals surface area contributed by atoms with Gasteiger partial charge in [0.05, 0.1) is 5.41 Å². The fraction of sp³-hybridized carbons (Fsp3) is 0.0323. The summed E-state index contributed by atoms with van der Waals surface area (Å²) in [5, 5.41) is 0. The van der Waals surface area contributed by atoms with Crippen molar-refractivity contribution in [1.82, 2.24) is 0 Å². The van der Waals surface area contributed by atoms with Gasteiger partial charge in [-0.05, 0) is 45.0 Å². The Kier molecular flexibility index (Phi) is 4.22. The molecule has 2 N–H and O–H groups in total. The lowest BCUT2D eigenvalue weighted by Crippen LogP contribution is -2.29. The summed E-state index contributed by atoms with van der Waals surface area (Å²) >= 11 is 0. The highest BCUT2D eigenvalue weighted by Gasteiger charge is 2.47. The van der Waals surface area contributed by atoms with Crippen molar-refractivity contribution in [3.8, 4) is 22.3 Å². The molecule has 32 heavy (non-hydrogen) atoms. The third kappa shape index (κ3) is 2.52. The molecule has 0 bridgehead atoms. The third-order valence-electron chi connectivity index (χ3n) is 6.71. The largest absolute Gasteiger partial charge is 0.398 e. The van der Waals surface area contributed by atoms with E-state index in [1.165, 1.54) is 33.4 Å². The van der Waals surface area contributed by atoms with Crippen LogP contribution >= 0.6 is 0 Å². The molecule has 0 amide bonds. The number of nitrogen functional groups attached to an aromatic ring is 1. The first-order valence-electron chi connectivity index (χ1n) is 11.0. The van der Waals surface area contributed by atoms with Gasteiger partial charge in [0.1, 0.15) is 0 Å². The Balaban J connectivity index is 1.85. The SMILES string of the molecule is Nc1ccc2c(c1-c1ccccc1)C(c1ccccc1)(c1ccccc1)c1ccccc1-2. The van der Waals surface area contributed by atoms with Gasteiger partial charge in [-0.25, -0.2) is 0 Å². The first kappa shape index (κ1) is 18.7. The van der Waals surface area contributed by atoms with Crippen LogP contribution in [0.4, 0.5) is 5.69 Å². The summed E-state index contributed by atoms with van der Waals surface area (Å²) in [4.78, 5) is 0. The minimum absolute atomic E-state index is 0.449. The van der Waals surface area contributed by atoms with Gasteiger partial charge in [0, 0.05) is 11.3 Å². The van der Waals surface area contributed by atoms with Crippen LogP contribution in [0.5, 0.6) is 0 Å². The molecule has 5 aromatic carbocycles. The summed E-state index contributed by atoms with van der Waals surface area (Å²) in [5.74, 6) is 0. The van der Waals surface area contributed by atoms with Crippen molar-refractivity contribution in [2.24, 2.45) is 0 Å². The molecule has 0 radical (unpaired) electrons. The van der Waals surface area contributed by atoms with Crippen molar-refractivity contribution in [3.63, 3.8) is 0 Å². The monoisotopic (exact) mass is 409 g/mol. The maximum Gasteiger partial charge on any atom is 0.0720 e. The quantitative estimate of drug-likeness (QED) is 0.305. The predicted octanol–water partition coefficient (Wildman–Crippen LogP) is 7.30. The lowest BCUT2D eigenvalue weighted by atomic mass is 9.66. The Morgan fingerprint density at radius 2 is 1.00 bits per heavy atom. The maximum atomic E-state index is 6.74. The number of benzene rings is 5. The molecule has 0 heterocycles. The van der Waals surface area contributed by atoms with Crippen LogP contribution in [0.3, 0.4) is 0 Å². The molecular formula is C31H23N. The van der Waals surface area contributed by atoms with E-state index in [1.807, 2.05) is 0 Å². The molecule has 1 aliphatic rings. The fourth-order valence-corrected chi connectivity index (χ4v) is 5.47. The van der Waals surface area contributed by atoms with Crippen molar-refractivity contribution >= 4 is 5.69 Å². The lowest BCUT2D eigenvalue weighted by Gasteiger charge is -2.35. The molecule has 1 heteroatoms. The lowest BCUT2D eigenvalue weighted by molar-refractivity contribution is 0.770. The van der Waals surface area contributed by atoms with E-state index in [4.69, 9.17) is 5.73 Å². The average molecular weight is 410 g/mol. The molecule has 0 atom stereocenters. The topological polar surface area (TPSA) is 26.0 Å². The molecule has 0 fully saturated rings. The average Bonchev–Trinajstić information content (AvgIpc) is 3.17. The smallest absolute Gasteiger partial charge is 0.0720 e. The van der Waals surface area contributed by atoms with Gasteiger partial charge in [-0.2, -0.15) is 0 Å². The van der Waals surface area contributed by atoms with E-state index in [0.717, 1.165) is 16.8 Å². The van der Waals surface area contributed by atoms with Gasteiger partial charge in [0.2, 0.25) is 0 Å². The maximum absolute atomic E-state index is 6.74. The van der Waals surface area contributed by atoms with Crippen LogP contribution in [-0.4, -0.2) is 0 Å². The van der Waals surface area contributed by atoms with Gasteiger partial charge in [-0.1, -0.05) is 121 Å². The zero-order valence-corrected chi connectivity index (χ0v) is 17.7. The van der Waals surface area contributed by atoms with Crippen molar-refractivity contribution in [3.05, 3.63) is 150 Å². The molecular weight excluding hydrogens is 386 g/mol. The van der Waals surface area contributed by atoms with Crippen molar-refractivity contribution in [2.45, 2.75) is 5.41 Å². The number of nitrogens with two attached hydrogens (primary N) is 1. The first-order chi connectivity index (χ1) is 15.8. The van der Waals surface area contributed by atoms with Crippen LogP contribution in [0.1, 0.15) is 22.3 Å². The third-order valence-corrected chi connectivity index (χ3v) is 6.71. The number of rotatable bonds is 3. The van der Waals surface area contributed by atoms with Gasteiger partial charge >= 0.3 is 0 Å². The van der Waals surface area contributed by atoms with Gasteiger partial charge in [-0.15, -0.1) is 0 Å². The van der Waals surface area contributed by atoms with E-state index in [0.29, 0.717) is 0 Å². The number of hydrogen-bond donors (Lipinski definition) is 1. The Morgan fingerprint density at radius 3 is 1.62 bits per heavy atom. The summed E-state index contributed by atoms with van der Waals surface area (Å²) in [7, 11) is 0. The standard InChI is InChI=1S/C31H23N/c32-28-21-20-26-25-18-10-11-19-27(25)31(23-14-6-2-7-15-23,24-16-8-3-9-17-24)30(26)29(28)22-12-4-1-5-13-22/h1-21H,32H2. The summed E-state index contributed by atoms with van der Waals surface area (Å²) in [5.41, 5.74) is 16.9. The second-order valence-corrected chi connectivity index (χ2v) is 8.35. The van der Waals surface area contributed by atoms with Crippen molar-refractivity contribution in [2.75, 3.05) is 5.73 Å². The highest BCUT2D eigenvalue weighted by molar-refractivity contribution is 5.96. The van der Waals surface area contributed by atoms with Crippen LogP contribution in [0.25, 0.3) is 22.3 Å². The normalized spacial score (nSPS) is 13.4. The van der Waals surface area contributed by atoms with E-state index in [9.17, 15) is 0 Å². The van der Waals surface area contributed by atoms with Crippen LogP contribution in [-0.2, 0) is 5.41 Å². The summed E-state index contributed by atoms with van der Waals surface area (Å²) < 4.78 is 0. The van der Waals surface area contributed by atoms with E-state index < -0.39 is 5.41 Å². The second-order valence-electron chi connectivity index (χ2n) is 8.35. The number of fused-ring (bicyclic) bond motifs is 3. The second kappa shape index (κ2) is 7.25. The van der Waals surface area contributed by atoms with Crippen LogP contribution in [0.2, 0.25) is 0 Å². The molecule has 0 saturated heterocycles. The molecule has 0 aromatic heterocycles. The zero-order valence-electron chi connectivity index (χ0n) is 17.7. The molecule has 1 nitrogen and oxygen atoms in total. The van der Waals surface area contributed by atoms with E-state index in [2.05, 4.69) is 127 Å². The summed E-state index contributed by atoms with van der Waals surface area (Å²) in [6, 6.07) is 45.3. The van der Waals surface area contributed by atoms with Crippen LogP contribution in [0, 0.1) is 0 Å². The Bertz CT molecular complexity index is 1360. The predicted molar refractivity (Wildman–Crippen MR) is 134 cm³/mol. The molecule has 0 saturated carbocycles. The van der Waals surface area contributed by atoms with Gasteiger partial charge in [0.25, 0.3) is 0 Å². The van der Waals surface area contributed by atoms with E-state index in [1.54, 1.807) is 0 Å². The highest BCUT2D eigenvalue weighted by atomic mass is 14.6. The van der Waals surface area contributed by atoms with Gasteiger partial charge in [-0.3, -0.25) is 0 Å². The Morgan fingerprint density at radius 1 is 0.469 bits per heavy atom. The Hall–Kier alpha value is -4.10. The zero-order chi connectivity index (χ0) is 21.5. The molecule has 0 aliphatic heterocycles. The molecule has 0 unspecified atom stereocenters. The van der Waals surface area contributed by atoms with Gasteiger partial charge < -0.3 is 5.73 Å². The summed E-state index contributed by atoms with van der Waals surface area (Å²) in [6.07, 6.45) is 0. The molecule has 1 aliphatic carbocycles. The summed E-state index contributed by atoms with van der Waals surface area (Å²) in [6.45, 7) is 0. The van der Waals surface area contributed by atoms with Gasteiger partial charge in [0.15, 0.2) is 0 Å². The minimum Gasteiger partial charge on any atom is -0.398 e.